The zero-order valence-corrected chi connectivity index (χ0v) is 9.14. The molecule has 82 valence electrons. The summed E-state index contributed by atoms with van der Waals surface area (Å²) in [5, 5.41) is 2.60. The van der Waals surface area contributed by atoms with E-state index in [4.69, 9.17) is 0 Å². The topological polar surface area (TPSA) is 46.2 Å². The van der Waals surface area contributed by atoms with Crippen LogP contribution in [0.2, 0.25) is 0 Å². The summed E-state index contributed by atoms with van der Waals surface area (Å²) in [6, 6.07) is 5.28. The number of rotatable bonds is 4. The van der Waals surface area contributed by atoms with Crippen LogP contribution in [0.15, 0.2) is 24.3 Å². The number of nitrogens with one attached hydrogen (secondary N) is 1. The lowest BCUT2D eigenvalue weighted by Crippen LogP contribution is -2.27. The molecule has 0 saturated heterocycles. The second kappa shape index (κ2) is 5.60. The third-order valence-electron chi connectivity index (χ3n) is 1.78. The summed E-state index contributed by atoms with van der Waals surface area (Å²) >= 11 is 0. The van der Waals surface area contributed by atoms with Gasteiger partial charge in [0.05, 0.1) is 0 Å². The second-order valence-corrected chi connectivity index (χ2v) is 4.59. The summed E-state index contributed by atoms with van der Waals surface area (Å²) in [7, 11) is -0.917. The van der Waals surface area contributed by atoms with E-state index in [0.717, 1.165) is 0 Å². The molecule has 0 aliphatic carbocycles. The summed E-state index contributed by atoms with van der Waals surface area (Å²) in [6.45, 7) is 0.360. The van der Waals surface area contributed by atoms with Crippen LogP contribution in [0.25, 0.3) is 0 Å². The highest BCUT2D eigenvalue weighted by Gasteiger charge is 2.04. The fourth-order valence-electron chi connectivity index (χ4n) is 1.01. The van der Waals surface area contributed by atoms with Gasteiger partial charge in [-0.3, -0.25) is 9.00 Å². The Labute approximate surface area is 90.1 Å². The Bertz CT molecular complexity index is 364. The van der Waals surface area contributed by atoms with Crippen molar-refractivity contribution in [3.8, 4) is 0 Å². The average molecular weight is 229 g/mol. The Morgan fingerprint density at radius 2 is 2.00 bits per heavy atom. The molecule has 0 spiro atoms. The van der Waals surface area contributed by atoms with Crippen LogP contribution in [-0.4, -0.2) is 28.7 Å². The van der Waals surface area contributed by atoms with Crippen molar-refractivity contribution in [2.45, 2.75) is 0 Å². The molecule has 3 nitrogen and oxygen atoms in total. The van der Waals surface area contributed by atoms with Gasteiger partial charge in [-0.25, -0.2) is 4.39 Å². The quantitative estimate of drug-likeness (QED) is 0.835. The van der Waals surface area contributed by atoms with Gasteiger partial charge in [-0.2, -0.15) is 0 Å². The van der Waals surface area contributed by atoms with Gasteiger partial charge in [0.15, 0.2) is 0 Å². The van der Waals surface area contributed by atoms with Gasteiger partial charge in [-0.05, 0) is 24.3 Å². The van der Waals surface area contributed by atoms with E-state index in [-0.39, 0.29) is 11.7 Å². The maximum atomic E-state index is 12.5. The van der Waals surface area contributed by atoms with Crippen molar-refractivity contribution in [3.05, 3.63) is 35.6 Å². The molecule has 1 aromatic rings. The molecule has 0 heterocycles. The molecule has 1 atom stereocenters. The molecular weight excluding hydrogens is 217 g/mol. The lowest BCUT2D eigenvalue weighted by molar-refractivity contribution is 0.0956. The number of carbonyl (C=O) groups excluding carboxylic acids is 1. The fourth-order valence-corrected chi connectivity index (χ4v) is 1.40. The molecule has 0 radical (unpaired) electrons. The van der Waals surface area contributed by atoms with Gasteiger partial charge in [0.1, 0.15) is 5.82 Å². The number of hydrogen-bond acceptors (Lipinski definition) is 2. The van der Waals surface area contributed by atoms with Crippen molar-refractivity contribution in [2.75, 3.05) is 18.6 Å². The maximum Gasteiger partial charge on any atom is 0.251 e. The van der Waals surface area contributed by atoms with Crippen LogP contribution in [-0.2, 0) is 10.8 Å². The number of benzene rings is 1. The molecular formula is C10H12FNO2S. The normalized spacial score (nSPS) is 12.1. The largest absolute Gasteiger partial charge is 0.351 e. The molecule has 1 N–H and O–H groups in total. The number of amides is 1. The summed E-state index contributed by atoms with van der Waals surface area (Å²) in [5.74, 6) is -0.228. The van der Waals surface area contributed by atoms with Crippen molar-refractivity contribution in [1.82, 2.24) is 5.32 Å². The fraction of sp³-hybridized carbons (Fsp3) is 0.300. The van der Waals surface area contributed by atoms with Gasteiger partial charge in [-0.15, -0.1) is 0 Å². The minimum Gasteiger partial charge on any atom is -0.351 e. The zero-order valence-electron chi connectivity index (χ0n) is 8.33. The van der Waals surface area contributed by atoms with E-state index in [1.54, 1.807) is 6.26 Å². The third kappa shape index (κ3) is 4.20. The first-order valence-corrected chi connectivity index (χ1v) is 6.16. The van der Waals surface area contributed by atoms with Crippen molar-refractivity contribution in [3.63, 3.8) is 0 Å². The Balaban J connectivity index is 2.47. The molecule has 5 heteroatoms. The highest BCUT2D eigenvalue weighted by Crippen LogP contribution is 2.01. The van der Waals surface area contributed by atoms with E-state index in [9.17, 15) is 13.4 Å². The van der Waals surface area contributed by atoms with Crippen molar-refractivity contribution in [1.29, 1.82) is 0 Å². The summed E-state index contributed by atoms with van der Waals surface area (Å²) in [6.07, 6.45) is 1.57. The molecule has 0 saturated carbocycles. The molecule has 0 aromatic heterocycles. The minimum absolute atomic E-state index is 0.277. The first-order valence-electron chi connectivity index (χ1n) is 4.43. The highest BCUT2D eigenvalue weighted by molar-refractivity contribution is 7.84. The van der Waals surface area contributed by atoms with Crippen molar-refractivity contribution < 1.29 is 13.4 Å². The molecule has 1 unspecified atom stereocenters. The van der Waals surface area contributed by atoms with Crippen LogP contribution >= 0.6 is 0 Å². The van der Waals surface area contributed by atoms with Gasteiger partial charge in [0, 0.05) is 34.9 Å². The Morgan fingerprint density at radius 3 is 2.53 bits per heavy atom. The van der Waals surface area contributed by atoms with Crippen LogP contribution in [0.4, 0.5) is 4.39 Å². The van der Waals surface area contributed by atoms with Crippen LogP contribution in [0.5, 0.6) is 0 Å². The monoisotopic (exact) mass is 229 g/mol. The number of hydrogen-bond donors (Lipinski definition) is 1. The lowest BCUT2D eigenvalue weighted by atomic mass is 10.2. The summed E-state index contributed by atoms with van der Waals surface area (Å²) in [5.41, 5.74) is 0.401. The molecule has 0 aliphatic heterocycles. The van der Waals surface area contributed by atoms with E-state index in [2.05, 4.69) is 5.32 Å². The van der Waals surface area contributed by atoms with Crippen LogP contribution < -0.4 is 5.32 Å². The first kappa shape index (κ1) is 11.8. The summed E-state index contributed by atoms with van der Waals surface area (Å²) < 4.78 is 23.3. The summed E-state index contributed by atoms with van der Waals surface area (Å²) in [4.78, 5) is 11.4. The molecule has 15 heavy (non-hydrogen) atoms. The van der Waals surface area contributed by atoms with Crippen LogP contribution in [0.3, 0.4) is 0 Å². The van der Waals surface area contributed by atoms with E-state index >= 15 is 0 Å². The van der Waals surface area contributed by atoms with Crippen molar-refractivity contribution >= 4 is 16.7 Å². The smallest absolute Gasteiger partial charge is 0.251 e. The highest BCUT2D eigenvalue weighted by atomic mass is 32.2. The Hall–Kier alpha value is -1.23. The average Bonchev–Trinajstić information content (AvgIpc) is 2.18. The van der Waals surface area contributed by atoms with Gasteiger partial charge in [0.2, 0.25) is 0 Å². The first-order chi connectivity index (χ1) is 7.09. The predicted octanol–water partition coefficient (Wildman–Crippen LogP) is 0.934. The molecule has 0 aliphatic rings. The molecule has 0 fully saturated rings. The van der Waals surface area contributed by atoms with Crippen molar-refractivity contribution in [2.24, 2.45) is 0 Å². The Morgan fingerprint density at radius 1 is 1.40 bits per heavy atom. The van der Waals surface area contributed by atoms with Gasteiger partial charge in [-0.1, -0.05) is 0 Å². The molecule has 0 bridgehead atoms. The lowest BCUT2D eigenvalue weighted by Gasteiger charge is -2.03. The molecule has 1 amide bonds. The van der Waals surface area contributed by atoms with Gasteiger partial charge < -0.3 is 5.32 Å². The Kier molecular flexibility index (Phi) is 4.42. The number of halogens is 1. The zero-order chi connectivity index (χ0) is 11.3. The maximum absolute atomic E-state index is 12.5. The van der Waals surface area contributed by atoms with Gasteiger partial charge in [0.25, 0.3) is 5.91 Å². The third-order valence-corrected chi connectivity index (χ3v) is 2.56. The molecule has 1 aromatic carbocycles. The van der Waals surface area contributed by atoms with E-state index in [0.29, 0.717) is 17.9 Å². The standard InChI is InChI=1S/C10H12FNO2S/c1-15(14)7-6-12-10(13)8-2-4-9(11)5-3-8/h2-5H,6-7H2,1H3,(H,12,13). The van der Waals surface area contributed by atoms with Crippen LogP contribution in [0, 0.1) is 5.82 Å². The van der Waals surface area contributed by atoms with E-state index in [1.807, 2.05) is 0 Å². The van der Waals surface area contributed by atoms with E-state index in [1.165, 1.54) is 24.3 Å². The second-order valence-electron chi connectivity index (χ2n) is 3.04. The molecule has 1 rings (SSSR count). The minimum atomic E-state index is -0.917. The van der Waals surface area contributed by atoms with Crippen LogP contribution in [0.1, 0.15) is 10.4 Å². The van der Waals surface area contributed by atoms with Gasteiger partial charge >= 0.3 is 0 Å². The SMILES string of the molecule is CS(=O)CCNC(=O)c1ccc(F)cc1. The number of carbonyl (C=O) groups is 1. The predicted molar refractivity (Wildman–Crippen MR) is 57.7 cm³/mol. The van der Waals surface area contributed by atoms with E-state index < -0.39 is 10.8 Å².